The molecule has 0 saturated carbocycles. The molecule has 1 amide bonds. The highest BCUT2D eigenvalue weighted by atomic mass is 19.3. The lowest BCUT2D eigenvalue weighted by Crippen LogP contribution is -2.53. The smallest absolute Gasteiger partial charge is 0.428 e. The minimum Gasteiger partial charge on any atom is -0.428 e. The van der Waals surface area contributed by atoms with Gasteiger partial charge in [-0.2, -0.15) is 22.8 Å². The Labute approximate surface area is 208 Å². The van der Waals surface area contributed by atoms with Crippen LogP contribution in [0.15, 0.2) is 72.8 Å². The molecule has 0 aliphatic rings. The Morgan fingerprint density at radius 2 is 1.62 bits per heavy atom. The highest BCUT2D eigenvalue weighted by Gasteiger charge is 2.45. The van der Waals surface area contributed by atoms with Gasteiger partial charge >= 0.3 is 12.5 Å². The van der Waals surface area contributed by atoms with E-state index in [4.69, 9.17) is 11.0 Å². The second-order valence-corrected chi connectivity index (χ2v) is 8.17. The minimum absolute atomic E-state index is 0.126. The maximum absolute atomic E-state index is 14.7. The summed E-state index contributed by atoms with van der Waals surface area (Å²) in [5.74, 6) is -3.56. The third kappa shape index (κ3) is 6.59. The molecule has 0 aliphatic carbocycles. The van der Waals surface area contributed by atoms with Crippen molar-refractivity contribution in [3.63, 3.8) is 0 Å². The van der Waals surface area contributed by atoms with Crippen LogP contribution < -0.4 is 15.8 Å². The molecule has 3 N–H and O–H groups in total. The van der Waals surface area contributed by atoms with Gasteiger partial charge in [-0.15, -0.1) is 0 Å². The van der Waals surface area contributed by atoms with E-state index in [1.165, 1.54) is 12.1 Å². The first-order valence-electron chi connectivity index (χ1n) is 10.9. The zero-order chi connectivity index (χ0) is 27.2. The standard InChI is InChI=1S/C26H21F6N3O2/c27-19-8-6-17(7-9-19)25(15-16-4-2-1-3-5-16,35-23(36)22(34)10-11-33)18-12-20(28)14-21(13-18)37-26(31,32)24(29)30/h1-9,12-14,22,24H,10,15,34H2,(H,35,36)/t22-,25+/m0/s1. The van der Waals surface area contributed by atoms with E-state index in [1.807, 2.05) is 0 Å². The van der Waals surface area contributed by atoms with Crippen molar-refractivity contribution in [1.82, 2.24) is 5.32 Å². The molecule has 37 heavy (non-hydrogen) atoms. The van der Waals surface area contributed by atoms with Crippen LogP contribution in [0, 0.1) is 23.0 Å². The highest BCUT2D eigenvalue weighted by Crippen LogP contribution is 2.38. The SMILES string of the molecule is N#CC[C@H](N)C(=O)N[C@](Cc1ccccc1)(c1ccc(F)cc1)c1cc(F)cc(OC(F)(F)C(F)F)c1. The number of hydrogen-bond acceptors (Lipinski definition) is 4. The van der Waals surface area contributed by atoms with E-state index in [2.05, 4.69) is 10.1 Å². The lowest BCUT2D eigenvalue weighted by atomic mass is 9.77. The second-order valence-electron chi connectivity index (χ2n) is 8.17. The first-order chi connectivity index (χ1) is 17.5. The molecule has 5 nitrogen and oxygen atoms in total. The largest absolute Gasteiger partial charge is 0.461 e. The van der Waals surface area contributed by atoms with Crippen molar-refractivity contribution in [3.05, 3.63) is 101 Å². The number of benzene rings is 3. The number of carbonyl (C=O) groups excluding carboxylic acids is 1. The molecule has 0 bridgehead atoms. The van der Waals surface area contributed by atoms with Crippen LogP contribution in [0.4, 0.5) is 26.3 Å². The van der Waals surface area contributed by atoms with Gasteiger partial charge in [0, 0.05) is 12.5 Å². The summed E-state index contributed by atoms with van der Waals surface area (Å²) in [4.78, 5) is 13.0. The van der Waals surface area contributed by atoms with E-state index in [-0.39, 0.29) is 24.0 Å². The van der Waals surface area contributed by atoms with Crippen LogP contribution in [0.5, 0.6) is 5.75 Å². The van der Waals surface area contributed by atoms with Crippen LogP contribution in [0.25, 0.3) is 0 Å². The summed E-state index contributed by atoms with van der Waals surface area (Å²) in [7, 11) is 0. The van der Waals surface area contributed by atoms with Gasteiger partial charge in [0.2, 0.25) is 5.91 Å². The van der Waals surface area contributed by atoms with Gasteiger partial charge in [-0.1, -0.05) is 42.5 Å². The number of nitrogens with zero attached hydrogens (tertiary/aromatic N) is 1. The summed E-state index contributed by atoms with van der Waals surface area (Å²) >= 11 is 0. The van der Waals surface area contributed by atoms with E-state index in [0.29, 0.717) is 11.6 Å². The summed E-state index contributed by atoms with van der Waals surface area (Å²) in [5.41, 5.74) is 4.61. The molecule has 11 heteroatoms. The molecular weight excluding hydrogens is 500 g/mol. The maximum Gasteiger partial charge on any atom is 0.461 e. The molecule has 0 fully saturated rings. The molecule has 3 aromatic rings. The van der Waals surface area contributed by atoms with Gasteiger partial charge in [-0.25, -0.2) is 8.78 Å². The molecule has 0 unspecified atom stereocenters. The van der Waals surface area contributed by atoms with Crippen molar-refractivity contribution in [1.29, 1.82) is 5.26 Å². The average molecular weight is 521 g/mol. The van der Waals surface area contributed by atoms with Crippen molar-refractivity contribution in [2.75, 3.05) is 0 Å². The van der Waals surface area contributed by atoms with Crippen molar-refractivity contribution >= 4 is 5.91 Å². The van der Waals surface area contributed by atoms with Gasteiger partial charge in [0.25, 0.3) is 0 Å². The van der Waals surface area contributed by atoms with E-state index in [9.17, 15) is 31.1 Å². The van der Waals surface area contributed by atoms with E-state index in [1.54, 1.807) is 36.4 Å². The van der Waals surface area contributed by atoms with Crippen LogP contribution >= 0.6 is 0 Å². The fourth-order valence-electron chi connectivity index (χ4n) is 3.76. The number of nitriles is 1. The van der Waals surface area contributed by atoms with E-state index >= 15 is 0 Å². The number of halogens is 6. The van der Waals surface area contributed by atoms with Crippen molar-refractivity contribution in [2.24, 2.45) is 5.73 Å². The Kier molecular flexibility index (Phi) is 8.45. The predicted octanol–water partition coefficient (Wildman–Crippen LogP) is 5.04. The third-order valence-corrected chi connectivity index (χ3v) is 5.51. The van der Waals surface area contributed by atoms with E-state index < -0.39 is 47.4 Å². The van der Waals surface area contributed by atoms with Crippen LogP contribution in [0.2, 0.25) is 0 Å². The quantitative estimate of drug-likeness (QED) is 0.366. The molecule has 2 atom stereocenters. The molecule has 0 aliphatic heterocycles. The minimum atomic E-state index is -4.93. The Morgan fingerprint density at radius 3 is 2.22 bits per heavy atom. The Morgan fingerprint density at radius 1 is 0.973 bits per heavy atom. The summed E-state index contributed by atoms with van der Waals surface area (Å²) < 4.78 is 85.5. The highest BCUT2D eigenvalue weighted by molar-refractivity contribution is 5.83. The van der Waals surface area contributed by atoms with Crippen LogP contribution in [-0.4, -0.2) is 24.5 Å². The summed E-state index contributed by atoms with van der Waals surface area (Å²) in [6, 6.07) is 15.8. The molecule has 0 heterocycles. The number of alkyl halides is 4. The number of hydrogen-bond donors (Lipinski definition) is 2. The van der Waals surface area contributed by atoms with Gasteiger partial charge in [0.15, 0.2) is 0 Å². The number of amides is 1. The topological polar surface area (TPSA) is 88.1 Å². The average Bonchev–Trinajstić information content (AvgIpc) is 2.84. The number of nitrogens with two attached hydrogens (primary N) is 1. The lowest BCUT2D eigenvalue weighted by molar-refractivity contribution is -0.253. The van der Waals surface area contributed by atoms with Crippen LogP contribution in [-0.2, 0) is 16.8 Å². The van der Waals surface area contributed by atoms with Crippen molar-refractivity contribution < 1.29 is 35.9 Å². The summed E-state index contributed by atoms with van der Waals surface area (Å²) in [6.07, 6.45) is -9.64. The zero-order valence-electron chi connectivity index (χ0n) is 19.1. The summed E-state index contributed by atoms with van der Waals surface area (Å²) in [6.45, 7) is 0. The fourth-order valence-corrected chi connectivity index (χ4v) is 3.76. The Balaban J connectivity index is 2.26. The Bertz CT molecular complexity index is 1270. The van der Waals surface area contributed by atoms with Gasteiger partial charge in [-0.05, 0) is 41.0 Å². The predicted molar refractivity (Wildman–Crippen MR) is 122 cm³/mol. The van der Waals surface area contributed by atoms with Gasteiger partial charge in [0.1, 0.15) is 17.4 Å². The molecule has 3 aromatic carbocycles. The Hall–Kier alpha value is -4.04. The van der Waals surface area contributed by atoms with Crippen molar-refractivity contribution in [3.8, 4) is 11.8 Å². The van der Waals surface area contributed by atoms with Crippen molar-refractivity contribution in [2.45, 2.75) is 37.0 Å². The zero-order valence-corrected chi connectivity index (χ0v) is 19.1. The maximum atomic E-state index is 14.7. The fraction of sp³-hybridized carbons (Fsp3) is 0.231. The number of nitrogens with one attached hydrogen (secondary N) is 1. The molecule has 3 rings (SSSR count). The second kappa shape index (κ2) is 11.3. The first-order valence-corrected chi connectivity index (χ1v) is 10.9. The number of ether oxygens (including phenoxy) is 1. The van der Waals surface area contributed by atoms with Crippen LogP contribution in [0.3, 0.4) is 0 Å². The monoisotopic (exact) mass is 521 g/mol. The van der Waals surface area contributed by atoms with Crippen LogP contribution in [0.1, 0.15) is 23.1 Å². The lowest BCUT2D eigenvalue weighted by Gasteiger charge is -2.37. The van der Waals surface area contributed by atoms with Gasteiger partial charge < -0.3 is 15.8 Å². The van der Waals surface area contributed by atoms with E-state index in [0.717, 1.165) is 24.3 Å². The molecular formula is C26H21F6N3O2. The first kappa shape index (κ1) is 27.5. The molecule has 0 spiro atoms. The normalized spacial score (nSPS) is 13.9. The third-order valence-electron chi connectivity index (χ3n) is 5.51. The van der Waals surface area contributed by atoms with Gasteiger partial charge in [-0.3, -0.25) is 4.79 Å². The molecule has 0 radical (unpaired) electrons. The molecule has 0 saturated heterocycles. The molecule has 194 valence electrons. The summed E-state index contributed by atoms with van der Waals surface area (Å²) in [5, 5.41) is 11.6. The van der Waals surface area contributed by atoms with Gasteiger partial charge in [0.05, 0.1) is 24.1 Å². The number of rotatable bonds is 10. The number of carbonyl (C=O) groups is 1. The molecule has 0 aromatic heterocycles.